The topological polar surface area (TPSA) is 84.9 Å². The van der Waals surface area contributed by atoms with E-state index in [2.05, 4.69) is 5.32 Å². The quantitative estimate of drug-likeness (QED) is 0.747. The number of benzene rings is 2. The van der Waals surface area contributed by atoms with Crippen LogP contribution in [0.5, 0.6) is 11.5 Å². The first-order chi connectivity index (χ1) is 13.9. The first-order valence-corrected chi connectivity index (χ1v) is 11.1. The normalized spacial score (nSPS) is 15.7. The van der Waals surface area contributed by atoms with Crippen molar-refractivity contribution in [2.75, 3.05) is 32.1 Å². The lowest BCUT2D eigenvalue weighted by atomic mass is 9.97. The SMILES string of the molecule is CCOc1ccc(S(=O)(=O)N2CCC(C(=O)Nc3cccc(OC)c3)CC2)cc1. The van der Waals surface area contributed by atoms with E-state index in [1.54, 1.807) is 55.6 Å². The average molecular weight is 419 g/mol. The van der Waals surface area contributed by atoms with E-state index in [0.29, 0.717) is 49.7 Å². The van der Waals surface area contributed by atoms with Crippen molar-refractivity contribution in [3.63, 3.8) is 0 Å². The van der Waals surface area contributed by atoms with E-state index in [4.69, 9.17) is 9.47 Å². The summed E-state index contributed by atoms with van der Waals surface area (Å²) in [6.45, 7) is 3.02. The lowest BCUT2D eigenvalue weighted by Crippen LogP contribution is -2.41. The molecule has 7 nitrogen and oxygen atoms in total. The summed E-state index contributed by atoms with van der Waals surface area (Å²) < 4.78 is 37.7. The Morgan fingerprint density at radius 1 is 1.10 bits per heavy atom. The molecule has 0 saturated carbocycles. The molecule has 3 rings (SSSR count). The predicted octanol–water partition coefficient (Wildman–Crippen LogP) is 3.13. The van der Waals surface area contributed by atoms with E-state index in [1.807, 2.05) is 6.92 Å². The number of carbonyl (C=O) groups excluding carboxylic acids is 1. The molecule has 156 valence electrons. The van der Waals surface area contributed by atoms with Crippen molar-refractivity contribution in [2.45, 2.75) is 24.7 Å². The molecule has 8 heteroatoms. The lowest BCUT2D eigenvalue weighted by Gasteiger charge is -2.30. The third-order valence-corrected chi connectivity index (χ3v) is 6.85. The van der Waals surface area contributed by atoms with Gasteiger partial charge in [0.25, 0.3) is 0 Å². The first-order valence-electron chi connectivity index (χ1n) is 9.62. The van der Waals surface area contributed by atoms with Crippen LogP contribution in [-0.2, 0) is 14.8 Å². The van der Waals surface area contributed by atoms with Gasteiger partial charge in [-0.25, -0.2) is 8.42 Å². The summed E-state index contributed by atoms with van der Waals surface area (Å²) in [4.78, 5) is 12.8. The first kappa shape index (κ1) is 21.1. The number of methoxy groups -OCH3 is 1. The van der Waals surface area contributed by atoms with Gasteiger partial charge in [-0.2, -0.15) is 4.31 Å². The smallest absolute Gasteiger partial charge is 0.243 e. The van der Waals surface area contributed by atoms with Gasteiger partial charge in [-0.3, -0.25) is 4.79 Å². The molecule has 0 bridgehead atoms. The second-order valence-electron chi connectivity index (χ2n) is 6.80. The van der Waals surface area contributed by atoms with E-state index >= 15 is 0 Å². The van der Waals surface area contributed by atoms with E-state index < -0.39 is 10.0 Å². The highest BCUT2D eigenvalue weighted by Gasteiger charge is 2.32. The summed E-state index contributed by atoms with van der Waals surface area (Å²) in [5.74, 6) is 0.975. The summed E-state index contributed by atoms with van der Waals surface area (Å²) in [6.07, 6.45) is 0.956. The Morgan fingerprint density at radius 2 is 1.79 bits per heavy atom. The van der Waals surface area contributed by atoms with Crippen LogP contribution in [0.3, 0.4) is 0 Å². The van der Waals surface area contributed by atoms with Crippen molar-refractivity contribution in [1.82, 2.24) is 4.31 Å². The van der Waals surface area contributed by atoms with Crippen LogP contribution in [0.15, 0.2) is 53.4 Å². The van der Waals surface area contributed by atoms with Gasteiger partial charge in [0.2, 0.25) is 15.9 Å². The van der Waals surface area contributed by atoms with Crippen LogP contribution in [0, 0.1) is 5.92 Å². The minimum absolute atomic E-state index is 0.101. The summed E-state index contributed by atoms with van der Waals surface area (Å²) in [5, 5.41) is 2.89. The van der Waals surface area contributed by atoms with E-state index in [-0.39, 0.29) is 16.7 Å². The largest absolute Gasteiger partial charge is 0.497 e. The maximum absolute atomic E-state index is 12.9. The molecule has 0 aromatic heterocycles. The maximum Gasteiger partial charge on any atom is 0.243 e. The van der Waals surface area contributed by atoms with Crippen LogP contribution in [-0.4, -0.2) is 45.4 Å². The molecule has 0 aliphatic carbocycles. The molecule has 1 heterocycles. The van der Waals surface area contributed by atoms with Crippen molar-refractivity contribution in [1.29, 1.82) is 0 Å². The number of sulfonamides is 1. The fraction of sp³-hybridized carbons (Fsp3) is 0.381. The van der Waals surface area contributed by atoms with Gasteiger partial charge in [0.1, 0.15) is 11.5 Å². The molecule has 0 unspecified atom stereocenters. The van der Waals surface area contributed by atoms with Crippen LogP contribution < -0.4 is 14.8 Å². The van der Waals surface area contributed by atoms with E-state index in [9.17, 15) is 13.2 Å². The molecule has 1 fully saturated rings. The van der Waals surface area contributed by atoms with Gasteiger partial charge in [-0.1, -0.05) is 6.07 Å². The molecule has 2 aromatic rings. The van der Waals surface area contributed by atoms with Crippen molar-refractivity contribution < 1.29 is 22.7 Å². The van der Waals surface area contributed by atoms with Crippen molar-refractivity contribution in [3.05, 3.63) is 48.5 Å². The zero-order valence-corrected chi connectivity index (χ0v) is 17.4. The third-order valence-electron chi connectivity index (χ3n) is 4.93. The highest BCUT2D eigenvalue weighted by atomic mass is 32.2. The molecule has 0 spiro atoms. The molecule has 2 aromatic carbocycles. The van der Waals surface area contributed by atoms with Crippen LogP contribution in [0.2, 0.25) is 0 Å². The average Bonchev–Trinajstić information content (AvgIpc) is 2.74. The second kappa shape index (κ2) is 9.28. The lowest BCUT2D eigenvalue weighted by molar-refractivity contribution is -0.120. The van der Waals surface area contributed by atoms with Crippen LogP contribution in [0.25, 0.3) is 0 Å². The number of ether oxygens (including phenoxy) is 2. The third kappa shape index (κ3) is 5.07. The Balaban J connectivity index is 1.59. The number of nitrogens with one attached hydrogen (secondary N) is 1. The van der Waals surface area contributed by atoms with Gasteiger partial charge >= 0.3 is 0 Å². The zero-order chi connectivity index (χ0) is 20.9. The van der Waals surface area contributed by atoms with Gasteiger partial charge in [-0.15, -0.1) is 0 Å². The number of nitrogens with zero attached hydrogens (tertiary/aromatic N) is 1. The van der Waals surface area contributed by atoms with E-state index in [0.717, 1.165) is 0 Å². The Bertz CT molecular complexity index is 936. The minimum Gasteiger partial charge on any atom is -0.497 e. The molecule has 1 aliphatic rings. The monoisotopic (exact) mass is 418 g/mol. The van der Waals surface area contributed by atoms with Gasteiger partial charge in [0, 0.05) is 30.8 Å². The van der Waals surface area contributed by atoms with Crippen molar-refractivity contribution in [2.24, 2.45) is 5.92 Å². The number of carbonyl (C=O) groups is 1. The number of hydrogen-bond donors (Lipinski definition) is 1. The maximum atomic E-state index is 12.9. The number of anilines is 1. The van der Waals surface area contributed by atoms with Crippen molar-refractivity contribution >= 4 is 21.6 Å². The highest BCUT2D eigenvalue weighted by Crippen LogP contribution is 2.26. The Labute approximate surface area is 171 Å². The molecular weight excluding hydrogens is 392 g/mol. The molecule has 1 aliphatic heterocycles. The summed E-state index contributed by atoms with van der Waals surface area (Å²) in [5.41, 5.74) is 0.666. The second-order valence-corrected chi connectivity index (χ2v) is 8.74. The molecule has 0 atom stereocenters. The molecular formula is C21H26N2O5S. The summed E-state index contributed by atoms with van der Waals surface area (Å²) in [6, 6.07) is 13.6. The molecule has 0 radical (unpaired) electrons. The Morgan fingerprint density at radius 3 is 2.41 bits per heavy atom. The highest BCUT2D eigenvalue weighted by molar-refractivity contribution is 7.89. The Hall–Kier alpha value is -2.58. The molecule has 29 heavy (non-hydrogen) atoms. The predicted molar refractivity (Wildman–Crippen MR) is 111 cm³/mol. The fourth-order valence-corrected chi connectivity index (χ4v) is 4.80. The van der Waals surface area contributed by atoms with Crippen LogP contribution in [0.4, 0.5) is 5.69 Å². The minimum atomic E-state index is -3.58. The van der Waals surface area contributed by atoms with Crippen LogP contribution in [0.1, 0.15) is 19.8 Å². The molecule has 1 N–H and O–H groups in total. The van der Waals surface area contributed by atoms with Gasteiger partial charge in [0.15, 0.2) is 0 Å². The number of piperidine rings is 1. The van der Waals surface area contributed by atoms with Crippen LogP contribution >= 0.6 is 0 Å². The standard InChI is InChI=1S/C21H26N2O5S/c1-3-28-18-7-9-20(10-8-18)29(25,26)23-13-11-16(12-14-23)21(24)22-17-5-4-6-19(15-17)27-2/h4-10,15-16H,3,11-14H2,1-2H3,(H,22,24). The van der Waals surface area contributed by atoms with Crippen molar-refractivity contribution in [3.8, 4) is 11.5 Å². The molecule has 1 amide bonds. The Kier molecular flexibility index (Phi) is 6.76. The number of hydrogen-bond acceptors (Lipinski definition) is 5. The number of rotatable bonds is 7. The molecule has 1 saturated heterocycles. The van der Waals surface area contributed by atoms with E-state index in [1.165, 1.54) is 4.31 Å². The number of amides is 1. The summed E-state index contributed by atoms with van der Waals surface area (Å²) in [7, 11) is -2.01. The van der Waals surface area contributed by atoms with Gasteiger partial charge in [-0.05, 0) is 56.2 Å². The van der Waals surface area contributed by atoms with Gasteiger partial charge < -0.3 is 14.8 Å². The summed E-state index contributed by atoms with van der Waals surface area (Å²) >= 11 is 0. The van der Waals surface area contributed by atoms with Gasteiger partial charge in [0.05, 0.1) is 18.6 Å². The zero-order valence-electron chi connectivity index (χ0n) is 16.6. The fourth-order valence-electron chi connectivity index (χ4n) is 3.33.